The first-order chi connectivity index (χ1) is 7.81. The Bertz CT molecular complexity index is 308. The van der Waals surface area contributed by atoms with Gasteiger partial charge in [-0.1, -0.05) is 18.2 Å². The van der Waals surface area contributed by atoms with Crippen LogP contribution in [0.15, 0.2) is 36.9 Å². The maximum absolute atomic E-state index is 8.96. The largest absolute Gasteiger partial charge is 0.392 e. The molecule has 0 aliphatic carbocycles. The van der Waals surface area contributed by atoms with Crippen LogP contribution in [0.3, 0.4) is 0 Å². The lowest BCUT2D eigenvalue weighted by atomic mass is 10.2. The Morgan fingerprint density at radius 1 is 1.38 bits per heavy atom. The third kappa shape index (κ3) is 3.68. The van der Waals surface area contributed by atoms with Crippen LogP contribution in [0, 0.1) is 0 Å². The van der Waals surface area contributed by atoms with E-state index in [2.05, 4.69) is 11.5 Å². The molecule has 1 N–H and O–H groups in total. The molecule has 3 heteroatoms. The molecule has 0 spiro atoms. The molecule has 0 bridgehead atoms. The summed E-state index contributed by atoms with van der Waals surface area (Å²) in [6, 6.07) is 7.87. The molecule has 0 saturated heterocycles. The molecular weight excluding hydrogens is 202 g/mol. The van der Waals surface area contributed by atoms with E-state index in [1.165, 1.54) is 0 Å². The van der Waals surface area contributed by atoms with Crippen molar-refractivity contribution in [3.8, 4) is 0 Å². The lowest BCUT2D eigenvalue weighted by Crippen LogP contribution is -2.27. The minimum Gasteiger partial charge on any atom is -0.392 e. The summed E-state index contributed by atoms with van der Waals surface area (Å²) in [4.78, 5) is 2.18. The predicted molar refractivity (Wildman–Crippen MR) is 66.7 cm³/mol. The van der Waals surface area contributed by atoms with Crippen LogP contribution in [0.25, 0.3) is 0 Å². The number of benzene rings is 1. The van der Waals surface area contributed by atoms with Crippen molar-refractivity contribution in [2.45, 2.75) is 6.61 Å². The van der Waals surface area contributed by atoms with Gasteiger partial charge in [0.25, 0.3) is 0 Å². The van der Waals surface area contributed by atoms with Crippen molar-refractivity contribution in [2.75, 3.05) is 31.7 Å². The number of anilines is 1. The molecular formula is C13H19NO2. The summed E-state index contributed by atoms with van der Waals surface area (Å²) < 4.78 is 5.07. The molecule has 0 fully saturated rings. The fourth-order valence-electron chi connectivity index (χ4n) is 1.50. The molecule has 0 radical (unpaired) electrons. The second-order valence-corrected chi connectivity index (χ2v) is 3.55. The molecule has 0 aliphatic heterocycles. The van der Waals surface area contributed by atoms with Gasteiger partial charge in [0.05, 0.1) is 13.2 Å². The number of aliphatic hydroxyl groups is 1. The zero-order valence-electron chi connectivity index (χ0n) is 9.72. The van der Waals surface area contributed by atoms with Gasteiger partial charge in [-0.2, -0.15) is 0 Å². The van der Waals surface area contributed by atoms with Gasteiger partial charge in [0, 0.05) is 25.9 Å². The highest BCUT2D eigenvalue weighted by atomic mass is 16.5. The number of rotatable bonds is 7. The molecule has 0 saturated carbocycles. The highest BCUT2D eigenvalue weighted by molar-refractivity contribution is 5.48. The average Bonchev–Trinajstić information content (AvgIpc) is 2.35. The minimum atomic E-state index is 0.0831. The van der Waals surface area contributed by atoms with E-state index >= 15 is 0 Å². The molecule has 0 aliphatic rings. The zero-order valence-corrected chi connectivity index (χ0v) is 9.72. The van der Waals surface area contributed by atoms with E-state index in [4.69, 9.17) is 9.84 Å². The molecule has 3 nitrogen and oxygen atoms in total. The van der Waals surface area contributed by atoms with Crippen LogP contribution in [0.1, 0.15) is 5.56 Å². The fourth-order valence-corrected chi connectivity index (χ4v) is 1.50. The number of aliphatic hydroxyl groups excluding tert-OH is 1. The Morgan fingerprint density at radius 3 is 2.56 bits per heavy atom. The quantitative estimate of drug-likeness (QED) is 0.713. The SMILES string of the molecule is C=CCN(CCOC)c1ccc(CO)cc1. The fraction of sp³-hybridized carbons (Fsp3) is 0.385. The molecule has 0 amide bonds. The van der Waals surface area contributed by atoms with Crippen LogP contribution >= 0.6 is 0 Å². The first-order valence-corrected chi connectivity index (χ1v) is 5.36. The molecule has 88 valence electrons. The van der Waals surface area contributed by atoms with Crippen LogP contribution in [0.4, 0.5) is 5.69 Å². The van der Waals surface area contributed by atoms with Gasteiger partial charge in [0.1, 0.15) is 0 Å². The second-order valence-electron chi connectivity index (χ2n) is 3.55. The van der Waals surface area contributed by atoms with Gasteiger partial charge in [-0.3, -0.25) is 0 Å². The molecule has 1 aromatic carbocycles. The smallest absolute Gasteiger partial charge is 0.0681 e. The summed E-state index contributed by atoms with van der Waals surface area (Å²) in [5.41, 5.74) is 2.04. The summed E-state index contributed by atoms with van der Waals surface area (Å²) >= 11 is 0. The maximum Gasteiger partial charge on any atom is 0.0681 e. The second kappa shape index (κ2) is 7.04. The third-order valence-electron chi connectivity index (χ3n) is 2.40. The number of hydrogen-bond donors (Lipinski definition) is 1. The average molecular weight is 221 g/mol. The molecule has 0 atom stereocenters. The first-order valence-electron chi connectivity index (χ1n) is 5.36. The normalized spacial score (nSPS) is 10.1. The van der Waals surface area contributed by atoms with Gasteiger partial charge in [-0.15, -0.1) is 6.58 Å². The predicted octanol–water partition coefficient (Wildman–Crippen LogP) is 1.82. The van der Waals surface area contributed by atoms with Gasteiger partial charge in [-0.25, -0.2) is 0 Å². The van der Waals surface area contributed by atoms with Crippen molar-refractivity contribution in [1.82, 2.24) is 0 Å². The standard InChI is InChI=1S/C13H19NO2/c1-3-8-14(9-10-16-2)13-6-4-12(11-15)5-7-13/h3-7,15H,1,8-11H2,2H3. The number of methoxy groups -OCH3 is 1. The molecule has 1 rings (SSSR count). The van der Waals surface area contributed by atoms with Crippen molar-refractivity contribution in [1.29, 1.82) is 0 Å². The Balaban J connectivity index is 2.70. The zero-order chi connectivity index (χ0) is 11.8. The van der Waals surface area contributed by atoms with Gasteiger partial charge < -0.3 is 14.7 Å². The number of nitrogens with zero attached hydrogens (tertiary/aromatic N) is 1. The van der Waals surface area contributed by atoms with E-state index in [1.54, 1.807) is 7.11 Å². The van der Waals surface area contributed by atoms with Gasteiger partial charge in [0.2, 0.25) is 0 Å². The summed E-state index contributed by atoms with van der Waals surface area (Å²) in [5, 5.41) is 8.96. The van der Waals surface area contributed by atoms with Crippen molar-refractivity contribution >= 4 is 5.69 Å². The Hall–Kier alpha value is -1.32. The van der Waals surface area contributed by atoms with Crippen LogP contribution in [-0.2, 0) is 11.3 Å². The first kappa shape index (κ1) is 12.7. The minimum absolute atomic E-state index is 0.0831. The third-order valence-corrected chi connectivity index (χ3v) is 2.40. The van der Waals surface area contributed by atoms with E-state index < -0.39 is 0 Å². The van der Waals surface area contributed by atoms with Gasteiger partial charge in [0.15, 0.2) is 0 Å². The van der Waals surface area contributed by atoms with Crippen LogP contribution in [-0.4, -0.2) is 31.9 Å². The number of hydrogen-bond acceptors (Lipinski definition) is 3. The van der Waals surface area contributed by atoms with E-state index in [1.807, 2.05) is 30.3 Å². The van der Waals surface area contributed by atoms with Crippen molar-refractivity contribution in [2.24, 2.45) is 0 Å². The summed E-state index contributed by atoms with van der Waals surface area (Å²) in [6.07, 6.45) is 1.87. The lowest BCUT2D eigenvalue weighted by Gasteiger charge is -2.23. The van der Waals surface area contributed by atoms with Crippen LogP contribution in [0.5, 0.6) is 0 Å². The molecule has 0 unspecified atom stereocenters. The molecule has 1 aromatic rings. The van der Waals surface area contributed by atoms with E-state index in [0.717, 1.165) is 24.3 Å². The Morgan fingerprint density at radius 2 is 2.06 bits per heavy atom. The molecule has 16 heavy (non-hydrogen) atoms. The van der Waals surface area contributed by atoms with E-state index in [9.17, 15) is 0 Å². The summed E-state index contributed by atoms with van der Waals surface area (Å²) in [7, 11) is 1.70. The highest BCUT2D eigenvalue weighted by Gasteiger charge is 2.03. The van der Waals surface area contributed by atoms with Gasteiger partial charge >= 0.3 is 0 Å². The van der Waals surface area contributed by atoms with Crippen molar-refractivity contribution in [3.63, 3.8) is 0 Å². The Kier molecular flexibility index (Phi) is 5.61. The number of ether oxygens (including phenoxy) is 1. The summed E-state index contributed by atoms with van der Waals surface area (Å²) in [5.74, 6) is 0. The topological polar surface area (TPSA) is 32.7 Å². The molecule has 0 heterocycles. The van der Waals surface area contributed by atoms with E-state index in [0.29, 0.717) is 6.61 Å². The monoisotopic (exact) mass is 221 g/mol. The Labute approximate surface area is 97.0 Å². The van der Waals surface area contributed by atoms with Gasteiger partial charge in [-0.05, 0) is 17.7 Å². The summed E-state index contributed by atoms with van der Waals surface area (Å²) in [6.45, 7) is 6.15. The van der Waals surface area contributed by atoms with Crippen molar-refractivity contribution < 1.29 is 9.84 Å². The lowest BCUT2D eigenvalue weighted by molar-refractivity contribution is 0.206. The van der Waals surface area contributed by atoms with E-state index in [-0.39, 0.29) is 6.61 Å². The molecule has 0 aromatic heterocycles. The van der Waals surface area contributed by atoms with Crippen molar-refractivity contribution in [3.05, 3.63) is 42.5 Å². The highest BCUT2D eigenvalue weighted by Crippen LogP contribution is 2.15. The van der Waals surface area contributed by atoms with Crippen LogP contribution < -0.4 is 4.90 Å². The van der Waals surface area contributed by atoms with Crippen LogP contribution in [0.2, 0.25) is 0 Å². The maximum atomic E-state index is 8.96.